The minimum atomic E-state index is -0.181. The Kier molecular flexibility index (Phi) is 5.79. The molecule has 2 nitrogen and oxygen atoms in total. The van der Waals surface area contributed by atoms with E-state index in [1.54, 1.807) is 0 Å². The zero-order chi connectivity index (χ0) is 12.8. The van der Waals surface area contributed by atoms with Crippen molar-refractivity contribution in [3.8, 4) is 0 Å². The smallest absolute Gasteiger partial charge is 0.251 e. The molecule has 1 aromatic rings. The zero-order valence-electron chi connectivity index (χ0n) is 11.2. The van der Waals surface area contributed by atoms with Gasteiger partial charge in [-0.25, -0.2) is 0 Å². The number of hydrogen-bond donors (Lipinski definition) is 1. The quantitative estimate of drug-likeness (QED) is 0.772. The van der Waals surface area contributed by atoms with Crippen LogP contribution in [-0.4, -0.2) is 11.4 Å². The summed E-state index contributed by atoms with van der Waals surface area (Å²) < 4.78 is 0. The molecule has 0 fully saturated rings. The Morgan fingerprint density at radius 2 is 1.62 bits per heavy atom. The molecule has 0 saturated carbocycles. The normalized spacial score (nSPS) is 10.1. The Morgan fingerprint density at radius 3 is 2.06 bits per heavy atom. The van der Waals surface area contributed by atoms with E-state index < -0.39 is 0 Å². The van der Waals surface area contributed by atoms with Crippen LogP contribution < -0.4 is 5.32 Å². The van der Waals surface area contributed by atoms with Gasteiger partial charge in [-0.3, -0.25) is 4.79 Å². The molecule has 0 atom stereocenters. The summed E-state index contributed by atoms with van der Waals surface area (Å²) >= 11 is 0. The Bertz CT molecular complexity index is 337. The van der Waals surface area contributed by atoms with Crippen molar-refractivity contribution in [2.45, 2.75) is 47.1 Å². The third-order valence-electron chi connectivity index (χ3n) is 1.88. The number of aryl methyl sites for hydroxylation is 1. The highest BCUT2D eigenvalue weighted by atomic mass is 16.1. The van der Waals surface area contributed by atoms with E-state index in [1.165, 1.54) is 0 Å². The molecule has 0 aliphatic carbocycles. The number of amides is 1. The van der Waals surface area contributed by atoms with Crippen LogP contribution in [0.3, 0.4) is 0 Å². The minimum absolute atomic E-state index is 0.00407. The van der Waals surface area contributed by atoms with E-state index in [1.807, 2.05) is 65.8 Å². The SMILES string of the molecule is CC.Cc1ccccc1C(=O)NC(C)(C)C. The van der Waals surface area contributed by atoms with Crippen LogP contribution in [0, 0.1) is 6.92 Å². The molecule has 0 unspecified atom stereocenters. The van der Waals surface area contributed by atoms with E-state index in [9.17, 15) is 4.79 Å². The van der Waals surface area contributed by atoms with Gasteiger partial charge in [0, 0.05) is 11.1 Å². The van der Waals surface area contributed by atoms with Gasteiger partial charge in [0.05, 0.1) is 0 Å². The number of carbonyl (C=O) groups excluding carboxylic acids is 1. The Morgan fingerprint density at radius 1 is 1.12 bits per heavy atom. The minimum Gasteiger partial charge on any atom is -0.347 e. The molecule has 0 aromatic heterocycles. The first-order valence-corrected chi connectivity index (χ1v) is 5.78. The number of rotatable bonds is 1. The number of carbonyl (C=O) groups is 1. The first-order valence-electron chi connectivity index (χ1n) is 5.78. The van der Waals surface area contributed by atoms with Crippen molar-refractivity contribution in [3.05, 3.63) is 35.4 Å². The van der Waals surface area contributed by atoms with Crippen LogP contribution in [-0.2, 0) is 0 Å². The van der Waals surface area contributed by atoms with Crippen LogP contribution in [0.4, 0.5) is 0 Å². The predicted molar refractivity (Wildman–Crippen MR) is 69.7 cm³/mol. The van der Waals surface area contributed by atoms with Gasteiger partial charge < -0.3 is 5.32 Å². The van der Waals surface area contributed by atoms with E-state index in [0.717, 1.165) is 11.1 Å². The summed E-state index contributed by atoms with van der Waals surface area (Å²) in [6, 6.07) is 7.60. The second-order valence-corrected chi connectivity index (χ2v) is 4.52. The van der Waals surface area contributed by atoms with Gasteiger partial charge in [0.25, 0.3) is 5.91 Å². The Hall–Kier alpha value is -1.31. The molecule has 0 aliphatic heterocycles. The Labute approximate surface area is 99.1 Å². The fraction of sp³-hybridized carbons (Fsp3) is 0.500. The molecule has 0 heterocycles. The summed E-state index contributed by atoms with van der Waals surface area (Å²) in [7, 11) is 0. The third kappa shape index (κ3) is 4.96. The van der Waals surface area contributed by atoms with Crippen molar-refractivity contribution >= 4 is 5.91 Å². The lowest BCUT2D eigenvalue weighted by molar-refractivity contribution is 0.0919. The van der Waals surface area contributed by atoms with Gasteiger partial charge in [-0.1, -0.05) is 32.0 Å². The van der Waals surface area contributed by atoms with Gasteiger partial charge in [-0.15, -0.1) is 0 Å². The second-order valence-electron chi connectivity index (χ2n) is 4.52. The molecule has 16 heavy (non-hydrogen) atoms. The number of nitrogens with one attached hydrogen (secondary N) is 1. The molecule has 1 aromatic carbocycles. The highest BCUT2D eigenvalue weighted by Gasteiger charge is 2.15. The van der Waals surface area contributed by atoms with Gasteiger partial charge in [-0.05, 0) is 39.3 Å². The van der Waals surface area contributed by atoms with Crippen LogP contribution in [0.5, 0.6) is 0 Å². The topological polar surface area (TPSA) is 29.1 Å². The average Bonchev–Trinajstić information content (AvgIpc) is 2.18. The van der Waals surface area contributed by atoms with E-state index in [2.05, 4.69) is 5.32 Å². The summed E-state index contributed by atoms with van der Waals surface area (Å²) in [6.45, 7) is 11.9. The molecule has 0 aliphatic rings. The molecule has 1 amide bonds. The van der Waals surface area contributed by atoms with Crippen LogP contribution in [0.2, 0.25) is 0 Å². The maximum absolute atomic E-state index is 11.8. The highest BCUT2D eigenvalue weighted by Crippen LogP contribution is 2.09. The fourth-order valence-electron chi connectivity index (χ4n) is 1.24. The van der Waals surface area contributed by atoms with Crippen molar-refractivity contribution in [3.63, 3.8) is 0 Å². The van der Waals surface area contributed by atoms with Gasteiger partial charge in [0.15, 0.2) is 0 Å². The molecular weight excluding hydrogens is 198 g/mol. The molecule has 2 heteroatoms. The number of hydrogen-bond acceptors (Lipinski definition) is 1. The molecule has 1 rings (SSSR count). The summed E-state index contributed by atoms with van der Waals surface area (Å²) in [4.78, 5) is 11.8. The lowest BCUT2D eigenvalue weighted by atomic mass is 10.1. The number of benzene rings is 1. The zero-order valence-corrected chi connectivity index (χ0v) is 11.2. The molecule has 90 valence electrons. The summed E-state index contributed by atoms with van der Waals surface area (Å²) in [5, 5.41) is 2.94. The molecular formula is C14H23NO. The van der Waals surface area contributed by atoms with Crippen molar-refractivity contribution in [1.29, 1.82) is 0 Å². The van der Waals surface area contributed by atoms with Gasteiger partial charge in [0.2, 0.25) is 0 Å². The van der Waals surface area contributed by atoms with Crippen molar-refractivity contribution in [2.24, 2.45) is 0 Å². The lowest BCUT2D eigenvalue weighted by Crippen LogP contribution is -2.40. The predicted octanol–water partition coefficient (Wildman–Crippen LogP) is 3.55. The van der Waals surface area contributed by atoms with E-state index >= 15 is 0 Å². The van der Waals surface area contributed by atoms with Crippen LogP contribution in [0.25, 0.3) is 0 Å². The summed E-state index contributed by atoms with van der Waals surface area (Å²) in [5.74, 6) is -0.00407. The maximum Gasteiger partial charge on any atom is 0.251 e. The van der Waals surface area contributed by atoms with Crippen molar-refractivity contribution in [2.75, 3.05) is 0 Å². The molecule has 0 saturated heterocycles. The first-order chi connectivity index (χ1) is 7.40. The van der Waals surface area contributed by atoms with Crippen LogP contribution >= 0.6 is 0 Å². The highest BCUT2D eigenvalue weighted by molar-refractivity contribution is 5.95. The maximum atomic E-state index is 11.8. The van der Waals surface area contributed by atoms with E-state index in [0.29, 0.717) is 0 Å². The summed E-state index contributed by atoms with van der Waals surface area (Å²) in [6.07, 6.45) is 0. The molecule has 0 spiro atoms. The lowest BCUT2D eigenvalue weighted by Gasteiger charge is -2.21. The second kappa shape index (κ2) is 6.31. The fourth-order valence-corrected chi connectivity index (χ4v) is 1.24. The van der Waals surface area contributed by atoms with E-state index in [4.69, 9.17) is 0 Å². The van der Waals surface area contributed by atoms with E-state index in [-0.39, 0.29) is 11.4 Å². The van der Waals surface area contributed by atoms with Gasteiger partial charge in [0.1, 0.15) is 0 Å². The van der Waals surface area contributed by atoms with Crippen LogP contribution in [0.1, 0.15) is 50.5 Å². The standard InChI is InChI=1S/C12H17NO.C2H6/c1-9-7-5-6-8-10(9)11(14)13-12(2,3)4;1-2/h5-8H,1-4H3,(H,13,14);1-2H3. The monoisotopic (exact) mass is 221 g/mol. The molecule has 0 bridgehead atoms. The van der Waals surface area contributed by atoms with Crippen molar-refractivity contribution < 1.29 is 4.79 Å². The van der Waals surface area contributed by atoms with Gasteiger partial charge >= 0.3 is 0 Å². The molecule has 0 radical (unpaired) electrons. The van der Waals surface area contributed by atoms with Crippen LogP contribution in [0.15, 0.2) is 24.3 Å². The van der Waals surface area contributed by atoms with Gasteiger partial charge in [-0.2, -0.15) is 0 Å². The third-order valence-corrected chi connectivity index (χ3v) is 1.88. The Balaban J connectivity index is 0.00000106. The van der Waals surface area contributed by atoms with Crippen molar-refractivity contribution in [1.82, 2.24) is 5.32 Å². The largest absolute Gasteiger partial charge is 0.347 e. The average molecular weight is 221 g/mol. The first kappa shape index (κ1) is 14.7. The molecule has 1 N–H and O–H groups in total. The summed E-state index contributed by atoms with van der Waals surface area (Å²) in [5.41, 5.74) is 1.58.